The Bertz CT molecular complexity index is 883. The fourth-order valence-electron chi connectivity index (χ4n) is 3.24. The van der Waals surface area contributed by atoms with E-state index in [1.807, 2.05) is 36.4 Å². The van der Waals surface area contributed by atoms with Crippen molar-refractivity contribution < 1.29 is 0 Å². The lowest BCUT2D eigenvalue weighted by molar-refractivity contribution is 0.389. The van der Waals surface area contributed by atoms with Crippen LogP contribution in [0.4, 0.5) is 5.82 Å². The second kappa shape index (κ2) is 8.55. The highest BCUT2D eigenvalue weighted by molar-refractivity contribution is 5.71. The first kappa shape index (κ1) is 17.4. The molecular weight excluding hydrogens is 338 g/mol. The Morgan fingerprint density at radius 2 is 1.96 bits per heavy atom. The molecule has 0 aliphatic carbocycles. The van der Waals surface area contributed by atoms with Crippen molar-refractivity contribution in [3.05, 3.63) is 53.9 Å². The molecule has 0 amide bonds. The number of benzene rings is 1. The van der Waals surface area contributed by atoms with Gasteiger partial charge in [-0.3, -0.25) is 0 Å². The number of hydrogen-bond donors (Lipinski definition) is 3. The molecule has 3 N–H and O–H groups in total. The van der Waals surface area contributed by atoms with Gasteiger partial charge in [0.2, 0.25) is 0 Å². The molecule has 7 nitrogen and oxygen atoms in total. The van der Waals surface area contributed by atoms with Crippen molar-refractivity contribution in [3.63, 3.8) is 0 Å². The largest absolute Gasteiger partial charge is 0.370 e. The molecule has 1 fully saturated rings. The lowest BCUT2D eigenvalue weighted by atomic mass is 9.98. The van der Waals surface area contributed by atoms with Crippen LogP contribution in [0.3, 0.4) is 0 Å². The second-order valence-corrected chi connectivity index (χ2v) is 6.73. The number of rotatable bonds is 6. The fraction of sp³-hybridized carbons (Fsp3) is 0.300. The van der Waals surface area contributed by atoms with Crippen LogP contribution in [0.1, 0.15) is 24.2 Å². The number of nitrogens with one attached hydrogen (secondary N) is 3. The van der Waals surface area contributed by atoms with Crippen LogP contribution in [0.25, 0.3) is 23.4 Å². The number of aromatic amines is 1. The Kier molecular flexibility index (Phi) is 5.50. The van der Waals surface area contributed by atoms with Crippen LogP contribution in [0, 0.1) is 5.92 Å². The summed E-state index contributed by atoms with van der Waals surface area (Å²) in [6.07, 6.45) is 6.28. The minimum absolute atomic E-state index is 0.627. The predicted octanol–water partition coefficient (Wildman–Crippen LogP) is 2.84. The molecule has 0 saturated carbocycles. The second-order valence-electron chi connectivity index (χ2n) is 6.73. The summed E-state index contributed by atoms with van der Waals surface area (Å²) in [5, 5.41) is 20.6. The van der Waals surface area contributed by atoms with Crippen molar-refractivity contribution in [3.8, 4) is 11.3 Å². The molecule has 1 saturated heterocycles. The minimum atomic E-state index is 0.627. The monoisotopic (exact) mass is 361 g/mol. The summed E-state index contributed by atoms with van der Waals surface area (Å²) in [6.45, 7) is 3.21. The van der Waals surface area contributed by atoms with E-state index in [0.717, 1.165) is 48.2 Å². The van der Waals surface area contributed by atoms with Crippen molar-refractivity contribution in [2.45, 2.75) is 12.8 Å². The van der Waals surface area contributed by atoms with Crippen LogP contribution in [0.15, 0.2) is 42.5 Å². The molecule has 138 valence electrons. The van der Waals surface area contributed by atoms with Gasteiger partial charge in [-0.2, -0.15) is 0 Å². The van der Waals surface area contributed by atoms with E-state index in [1.165, 1.54) is 12.8 Å². The highest BCUT2D eigenvalue weighted by atomic mass is 15.5. The van der Waals surface area contributed by atoms with Gasteiger partial charge in [0.15, 0.2) is 5.82 Å². The number of tetrazole rings is 1. The molecule has 0 atom stereocenters. The Morgan fingerprint density at radius 1 is 1.07 bits per heavy atom. The minimum Gasteiger partial charge on any atom is -0.370 e. The third-order valence-corrected chi connectivity index (χ3v) is 4.76. The maximum atomic E-state index is 4.79. The molecule has 0 unspecified atom stereocenters. The van der Waals surface area contributed by atoms with Crippen molar-refractivity contribution in [1.82, 2.24) is 30.9 Å². The first-order valence-corrected chi connectivity index (χ1v) is 9.31. The summed E-state index contributed by atoms with van der Waals surface area (Å²) in [4.78, 5) is 4.79. The van der Waals surface area contributed by atoms with Crippen LogP contribution in [0.2, 0.25) is 0 Å². The highest BCUT2D eigenvalue weighted by Gasteiger charge is 2.12. The Labute approximate surface area is 158 Å². The van der Waals surface area contributed by atoms with E-state index in [9.17, 15) is 0 Å². The number of nitrogens with zero attached hydrogens (tertiary/aromatic N) is 4. The lowest BCUT2D eigenvalue weighted by Gasteiger charge is -2.23. The lowest BCUT2D eigenvalue weighted by Crippen LogP contribution is -2.31. The van der Waals surface area contributed by atoms with Gasteiger partial charge in [0.1, 0.15) is 5.82 Å². The average Bonchev–Trinajstić information content (AvgIpc) is 3.26. The maximum Gasteiger partial charge on any atom is 0.172 e. The summed E-state index contributed by atoms with van der Waals surface area (Å²) >= 11 is 0. The summed E-state index contributed by atoms with van der Waals surface area (Å²) in [5.41, 5.74) is 3.11. The zero-order valence-electron chi connectivity index (χ0n) is 15.1. The van der Waals surface area contributed by atoms with Crippen molar-refractivity contribution in [2.75, 3.05) is 25.0 Å². The number of pyridine rings is 1. The number of piperidine rings is 1. The summed E-state index contributed by atoms with van der Waals surface area (Å²) in [5.74, 6) is 2.28. The van der Waals surface area contributed by atoms with Gasteiger partial charge in [0.05, 0.1) is 5.69 Å². The molecule has 27 heavy (non-hydrogen) atoms. The number of H-pyrrole nitrogens is 1. The highest BCUT2D eigenvalue weighted by Crippen LogP contribution is 2.21. The molecule has 0 radical (unpaired) electrons. The van der Waals surface area contributed by atoms with Crippen LogP contribution in [0.5, 0.6) is 0 Å². The maximum absolute atomic E-state index is 4.79. The Morgan fingerprint density at radius 3 is 2.81 bits per heavy atom. The Hall–Kier alpha value is -3.06. The summed E-state index contributed by atoms with van der Waals surface area (Å²) in [7, 11) is 0. The van der Waals surface area contributed by atoms with E-state index >= 15 is 0 Å². The smallest absolute Gasteiger partial charge is 0.172 e. The molecule has 4 rings (SSSR count). The van der Waals surface area contributed by atoms with Crippen LogP contribution in [-0.4, -0.2) is 45.2 Å². The van der Waals surface area contributed by atoms with E-state index in [4.69, 9.17) is 4.98 Å². The zero-order chi connectivity index (χ0) is 18.3. The van der Waals surface area contributed by atoms with Gasteiger partial charge in [-0.1, -0.05) is 30.3 Å². The molecular formula is C20H23N7. The number of hydrogen-bond acceptors (Lipinski definition) is 6. The average molecular weight is 361 g/mol. The molecule has 3 heterocycles. The zero-order valence-corrected chi connectivity index (χ0v) is 15.1. The van der Waals surface area contributed by atoms with Gasteiger partial charge >= 0.3 is 0 Å². The first-order valence-electron chi connectivity index (χ1n) is 9.31. The fourth-order valence-corrected chi connectivity index (χ4v) is 3.24. The van der Waals surface area contributed by atoms with Gasteiger partial charge < -0.3 is 10.6 Å². The normalized spacial score (nSPS) is 15.3. The number of aromatic nitrogens is 5. The van der Waals surface area contributed by atoms with E-state index < -0.39 is 0 Å². The van der Waals surface area contributed by atoms with E-state index in [2.05, 4.69) is 49.5 Å². The van der Waals surface area contributed by atoms with E-state index in [1.54, 1.807) is 0 Å². The van der Waals surface area contributed by atoms with Crippen molar-refractivity contribution >= 4 is 18.0 Å². The van der Waals surface area contributed by atoms with Crippen LogP contribution >= 0.6 is 0 Å². The van der Waals surface area contributed by atoms with Crippen LogP contribution in [-0.2, 0) is 0 Å². The van der Waals surface area contributed by atoms with Crippen LogP contribution < -0.4 is 10.6 Å². The molecule has 2 aromatic heterocycles. The molecule has 0 bridgehead atoms. The van der Waals surface area contributed by atoms with E-state index in [-0.39, 0.29) is 0 Å². The van der Waals surface area contributed by atoms with Gasteiger partial charge in [0, 0.05) is 12.1 Å². The predicted molar refractivity (Wildman–Crippen MR) is 107 cm³/mol. The SMILES string of the molecule is C(=C\c1nnn[nH]1)/c1cccc(-c2cccc(NCC3CCNCC3)n2)c1. The summed E-state index contributed by atoms with van der Waals surface area (Å²) in [6, 6.07) is 14.4. The molecule has 7 heteroatoms. The van der Waals surface area contributed by atoms with Gasteiger partial charge in [-0.15, -0.1) is 5.10 Å². The molecule has 1 aliphatic heterocycles. The number of anilines is 1. The van der Waals surface area contributed by atoms with E-state index in [0.29, 0.717) is 5.82 Å². The quantitative estimate of drug-likeness (QED) is 0.625. The topological polar surface area (TPSA) is 91.4 Å². The molecule has 0 spiro atoms. The van der Waals surface area contributed by atoms with Crippen molar-refractivity contribution in [2.24, 2.45) is 5.92 Å². The Balaban J connectivity index is 1.45. The molecule has 3 aromatic rings. The third kappa shape index (κ3) is 4.77. The first-order chi connectivity index (χ1) is 13.4. The molecule has 1 aliphatic rings. The third-order valence-electron chi connectivity index (χ3n) is 4.76. The van der Waals surface area contributed by atoms with Gasteiger partial charge in [-0.25, -0.2) is 10.1 Å². The van der Waals surface area contributed by atoms with Gasteiger partial charge in [0.25, 0.3) is 0 Å². The summed E-state index contributed by atoms with van der Waals surface area (Å²) < 4.78 is 0. The standard InChI is InChI=1S/C20H23N7/c1-3-15(7-8-20-24-26-27-25-20)13-17(4-1)18-5-2-6-19(23-18)22-14-16-9-11-21-12-10-16/h1-8,13,16,21H,9-12,14H2,(H,22,23)(H,24,25,26,27)/b8-7+. The van der Waals surface area contributed by atoms with Gasteiger partial charge in [-0.05, 0) is 72.1 Å². The van der Waals surface area contributed by atoms with Crippen molar-refractivity contribution in [1.29, 1.82) is 0 Å². The molecule has 1 aromatic carbocycles.